The Morgan fingerprint density at radius 1 is 1.25 bits per heavy atom. The van der Waals surface area contributed by atoms with Crippen LogP contribution in [0.3, 0.4) is 0 Å². The zero-order valence-electron chi connectivity index (χ0n) is 13.7. The lowest BCUT2D eigenvalue weighted by Gasteiger charge is -2.29. The molecular formula is C19H21FN4. The summed E-state index contributed by atoms with van der Waals surface area (Å²) < 4.78 is 16.6. The van der Waals surface area contributed by atoms with Crippen LogP contribution in [0.4, 0.5) is 4.39 Å². The molecule has 2 aromatic heterocycles. The summed E-state index contributed by atoms with van der Waals surface area (Å²) in [6, 6.07) is 9.29. The topological polar surface area (TPSA) is 56.7 Å². The van der Waals surface area contributed by atoms with Crippen molar-refractivity contribution in [2.45, 2.75) is 44.7 Å². The molecule has 1 aromatic carbocycles. The van der Waals surface area contributed by atoms with E-state index in [4.69, 9.17) is 10.7 Å². The summed E-state index contributed by atoms with van der Waals surface area (Å²) in [7, 11) is 0. The van der Waals surface area contributed by atoms with Crippen molar-refractivity contribution in [2.24, 2.45) is 5.73 Å². The predicted molar refractivity (Wildman–Crippen MR) is 93.1 cm³/mol. The van der Waals surface area contributed by atoms with E-state index in [1.807, 2.05) is 19.1 Å². The van der Waals surface area contributed by atoms with Crippen LogP contribution in [0.2, 0.25) is 0 Å². The van der Waals surface area contributed by atoms with E-state index in [1.54, 1.807) is 18.3 Å². The Balaban J connectivity index is 1.95. The number of halogens is 1. The van der Waals surface area contributed by atoms with Crippen LogP contribution in [0.15, 0.2) is 36.5 Å². The van der Waals surface area contributed by atoms with E-state index in [0.29, 0.717) is 11.4 Å². The summed E-state index contributed by atoms with van der Waals surface area (Å²) in [4.78, 5) is 9.05. The number of aromatic nitrogens is 3. The van der Waals surface area contributed by atoms with Gasteiger partial charge in [-0.1, -0.05) is 12.1 Å². The van der Waals surface area contributed by atoms with Gasteiger partial charge in [-0.25, -0.2) is 9.37 Å². The molecule has 1 aliphatic rings. The molecule has 0 bridgehead atoms. The van der Waals surface area contributed by atoms with Crippen molar-refractivity contribution >= 4 is 11.0 Å². The fourth-order valence-electron chi connectivity index (χ4n) is 3.74. The molecule has 3 aromatic rings. The van der Waals surface area contributed by atoms with Gasteiger partial charge in [0, 0.05) is 17.8 Å². The third-order valence-electron chi connectivity index (χ3n) is 4.88. The Hall–Kier alpha value is -2.27. The number of benzene rings is 1. The first-order chi connectivity index (χ1) is 11.6. The molecule has 2 N–H and O–H groups in total. The van der Waals surface area contributed by atoms with Gasteiger partial charge in [0.1, 0.15) is 17.2 Å². The maximum absolute atomic E-state index is 14.4. The number of pyridine rings is 1. The summed E-state index contributed by atoms with van der Waals surface area (Å²) in [5.74, 6) is 0.424. The van der Waals surface area contributed by atoms with Crippen molar-refractivity contribution in [1.29, 1.82) is 0 Å². The quantitative estimate of drug-likeness (QED) is 0.775. The molecule has 1 saturated carbocycles. The molecule has 1 fully saturated rings. The molecule has 2 unspecified atom stereocenters. The molecule has 24 heavy (non-hydrogen) atoms. The van der Waals surface area contributed by atoms with Gasteiger partial charge in [0.2, 0.25) is 0 Å². The fraction of sp³-hybridized carbons (Fsp3) is 0.368. The summed E-state index contributed by atoms with van der Waals surface area (Å²) in [5.41, 5.74) is 9.49. The molecule has 4 nitrogen and oxygen atoms in total. The number of hydrogen-bond acceptors (Lipinski definition) is 3. The first-order valence-corrected chi connectivity index (χ1v) is 8.48. The van der Waals surface area contributed by atoms with Crippen LogP contribution in [0.25, 0.3) is 22.4 Å². The maximum Gasteiger partial charge on any atom is 0.144 e. The highest BCUT2D eigenvalue weighted by molar-refractivity contribution is 5.80. The second kappa shape index (κ2) is 5.98. The van der Waals surface area contributed by atoms with E-state index >= 15 is 0 Å². The average molecular weight is 324 g/mol. The largest absolute Gasteiger partial charge is 0.328 e. The minimum atomic E-state index is -0.251. The highest BCUT2D eigenvalue weighted by Crippen LogP contribution is 2.36. The molecule has 1 aliphatic carbocycles. The van der Waals surface area contributed by atoms with Gasteiger partial charge in [-0.3, -0.25) is 4.98 Å². The van der Waals surface area contributed by atoms with Crippen LogP contribution in [-0.4, -0.2) is 20.6 Å². The minimum Gasteiger partial charge on any atom is -0.328 e. The molecule has 0 aliphatic heterocycles. The number of fused-ring (bicyclic) bond motifs is 1. The first kappa shape index (κ1) is 15.3. The smallest absolute Gasteiger partial charge is 0.144 e. The van der Waals surface area contributed by atoms with E-state index in [0.717, 1.165) is 42.4 Å². The lowest BCUT2D eigenvalue weighted by atomic mass is 9.91. The van der Waals surface area contributed by atoms with Crippen molar-refractivity contribution in [2.75, 3.05) is 0 Å². The van der Waals surface area contributed by atoms with Gasteiger partial charge in [0.15, 0.2) is 0 Å². The molecule has 0 spiro atoms. The van der Waals surface area contributed by atoms with E-state index in [2.05, 4.69) is 9.55 Å². The standard InChI is InChI=1S/C19H21FN4/c1-12-9-18-17(11-22-12)23-19(15-7-2-3-8-16(15)20)24(18)14-6-4-5-13(21)10-14/h2-3,7-9,11,13-14H,4-6,10,21H2,1H3. The Morgan fingerprint density at radius 2 is 2.08 bits per heavy atom. The summed E-state index contributed by atoms with van der Waals surface area (Å²) in [6.45, 7) is 1.96. The number of imidazole rings is 1. The zero-order valence-corrected chi connectivity index (χ0v) is 13.7. The average Bonchev–Trinajstić information content (AvgIpc) is 2.93. The lowest BCUT2D eigenvalue weighted by molar-refractivity contribution is 0.327. The predicted octanol–water partition coefficient (Wildman–Crippen LogP) is 3.99. The SMILES string of the molecule is Cc1cc2c(cn1)nc(-c1ccccc1F)n2C1CCCC(N)C1. The molecule has 0 saturated heterocycles. The van der Waals surface area contributed by atoms with Gasteiger partial charge in [-0.15, -0.1) is 0 Å². The van der Waals surface area contributed by atoms with Gasteiger partial charge in [-0.05, 0) is 50.8 Å². The van der Waals surface area contributed by atoms with Crippen LogP contribution in [0, 0.1) is 12.7 Å². The second-order valence-electron chi connectivity index (χ2n) is 6.68. The van der Waals surface area contributed by atoms with Crippen molar-refractivity contribution in [3.05, 3.63) is 48.0 Å². The molecule has 2 atom stereocenters. The number of nitrogens with two attached hydrogens (primary N) is 1. The molecule has 5 heteroatoms. The van der Waals surface area contributed by atoms with Crippen molar-refractivity contribution in [3.8, 4) is 11.4 Å². The van der Waals surface area contributed by atoms with E-state index in [1.165, 1.54) is 6.07 Å². The van der Waals surface area contributed by atoms with Crippen molar-refractivity contribution < 1.29 is 4.39 Å². The molecule has 124 valence electrons. The van der Waals surface area contributed by atoms with Gasteiger partial charge < -0.3 is 10.3 Å². The maximum atomic E-state index is 14.4. The summed E-state index contributed by atoms with van der Waals surface area (Å²) >= 11 is 0. The summed E-state index contributed by atoms with van der Waals surface area (Å²) in [5, 5.41) is 0. The van der Waals surface area contributed by atoms with Crippen molar-refractivity contribution in [3.63, 3.8) is 0 Å². The van der Waals surface area contributed by atoms with Crippen LogP contribution >= 0.6 is 0 Å². The zero-order chi connectivity index (χ0) is 16.7. The van der Waals surface area contributed by atoms with Gasteiger partial charge in [0.25, 0.3) is 0 Å². The van der Waals surface area contributed by atoms with Crippen LogP contribution in [0.1, 0.15) is 37.4 Å². The number of rotatable bonds is 2. The second-order valence-corrected chi connectivity index (χ2v) is 6.68. The lowest BCUT2D eigenvalue weighted by Crippen LogP contribution is -2.29. The third kappa shape index (κ3) is 2.59. The Kier molecular flexibility index (Phi) is 3.81. The van der Waals surface area contributed by atoms with Gasteiger partial charge >= 0.3 is 0 Å². The third-order valence-corrected chi connectivity index (χ3v) is 4.88. The molecule has 0 amide bonds. The number of nitrogens with zero attached hydrogens (tertiary/aromatic N) is 3. The summed E-state index contributed by atoms with van der Waals surface area (Å²) in [6.07, 6.45) is 5.86. The molecule has 4 rings (SSSR count). The Morgan fingerprint density at radius 3 is 2.88 bits per heavy atom. The Bertz CT molecular complexity index is 886. The molecular weight excluding hydrogens is 303 g/mol. The molecule has 0 radical (unpaired) electrons. The molecule has 2 heterocycles. The first-order valence-electron chi connectivity index (χ1n) is 8.48. The van der Waals surface area contributed by atoms with E-state index in [9.17, 15) is 4.39 Å². The highest BCUT2D eigenvalue weighted by Gasteiger charge is 2.26. The highest BCUT2D eigenvalue weighted by atomic mass is 19.1. The Labute approximate surface area is 140 Å². The fourth-order valence-corrected chi connectivity index (χ4v) is 3.74. The van der Waals surface area contributed by atoms with Crippen molar-refractivity contribution in [1.82, 2.24) is 14.5 Å². The van der Waals surface area contributed by atoms with E-state index < -0.39 is 0 Å². The minimum absolute atomic E-state index is 0.192. The monoisotopic (exact) mass is 324 g/mol. The van der Waals surface area contributed by atoms with Gasteiger partial charge in [0.05, 0.1) is 17.3 Å². The number of aryl methyl sites for hydroxylation is 1. The number of hydrogen-bond donors (Lipinski definition) is 1. The van der Waals surface area contributed by atoms with Crippen LogP contribution in [0.5, 0.6) is 0 Å². The van der Waals surface area contributed by atoms with E-state index in [-0.39, 0.29) is 17.9 Å². The normalized spacial score (nSPS) is 21.3. The van der Waals surface area contributed by atoms with Crippen LogP contribution < -0.4 is 5.73 Å². The van der Waals surface area contributed by atoms with Crippen LogP contribution in [-0.2, 0) is 0 Å². The van der Waals surface area contributed by atoms with Gasteiger partial charge in [-0.2, -0.15) is 0 Å².